The number of amides is 1. The Labute approximate surface area is 127 Å². The first-order valence-electron chi connectivity index (χ1n) is 6.81. The first kappa shape index (κ1) is 15.3. The molecule has 1 saturated carbocycles. The number of carbonyl (C=O) groups excluding carboxylic acids is 1. The third-order valence-corrected chi connectivity index (χ3v) is 4.98. The number of nitrogens with one attached hydrogen (secondary N) is 1. The maximum atomic E-state index is 12.0. The maximum absolute atomic E-state index is 12.0. The number of rotatable bonds is 5. The van der Waals surface area contributed by atoms with Crippen molar-refractivity contribution in [2.45, 2.75) is 32.1 Å². The van der Waals surface area contributed by atoms with Crippen molar-refractivity contribution in [1.82, 2.24) is 5.32 Å². The summed E-state index contributed by atoms with van der Waals surface area (Å²) in [6.45, 7) is 0.573. The minimum absolute atomic E-state index is 0.0152. The third-order valence-electron chi connectivity index (χ3n) is 3.69. The number of hydrogen-bond acceptors (Lipinski definition) is 3. The van der Waals surface area contributed by atoms with Gasteiger partial charge in [0.1, 0.15) is 0 Å². The second-order valence-electron chi connectivity index (χ2n) is 5.15. The lowest BCUT2D eigenvalue weighted by Gasteiger charge is -2.25. The highest BCUT2D eigenvalue weighted by Crippen LogP contribution is 2.29. The van der Waals surface area contributed by atoms with E-state index in [2.05, 4.69) is 5.32 Å². The molecule has 1 aromatic rings. The monoisotopic (exact) mass is 315 g/mol. The summed E-state index contributed by atoms with van der Waals surface area (Å²) in [6.07, 6.45) is 3.52. The lowest BCUT2D eigenvalue weighted by Crippen LogP contribution is -2.36. The van der Waals surface area contributed by atoms with Crippen LogP contribution in [-0.2, 0) is 16.0 Å². The zero-order valence-corrected chi connectivity index (χ0v) is 12.7. The average Bonchev–Trinajstić information content (AvgIpc) is 2.84. The minimum atomic E-state index is -0.782. The molecule has 1 amide bonds. The molecule has 20 heavy (non-hydrogen) atoms. The van der Waals surface area contributed by atoms with Crippen molar-refractivity contribution in [3.8, 4) is 0 Å². The summed E-state index contributed by atoms with van der Waals surface area (Å²) in [7, 11) is 0. The van der Waals surface area contributed by atoms with Crippen LogP contribution in [-0.4, -0.2) is 23.5 Å². The Balaban J connectivity index is 1.75. The lowest BCUT2D eigenvalue weighted by molar-refractivity contribution is -0.144. The number of carbonyl (C=O) groups is 2. The largest absolute Gasteiger partial charge is 0.481 e. The van der Waals surface area contributed by atoms with Crippen LogP contribution in [0.2, 0.25) is 4.34 Å². The van der Waals surface area contributed by atoms with Crippen LogP contribution in [0, 0.1) is 11.8 Å². The molecule has 6 heteroatoms. The van der Waals surface area contributed by atoms with Gasteiger partial charge in [-0.3, -0.25) is 9.59 Å². The van der Waals surface area contributed by atoms with Crippen LogP contribution in [0.25, 0.3) is 0 Å². The van der Waals surface area contributed by atoms with E-state index in [1.807, 2.05) is 12.1 Å². The highest BCUT2D eigenvalue weighted by atomic mass is 35.5. The van der Waals surface area contributed by atoms with Crippen LogP contribution in [0.1, 0.15) is 30.6 Å². The Morgan fingerprint density at radius 2 is 2.10 bits per heavy atom. The van der Waals surface area contributed by atoms with E-state index in [0.717, 1.165) is 28.5 Å². The number of halogens is 1. The molecule has 1 aromatic heterocycles. The molecule has 0 radical (unpaired) electrons. The molecule has 0 aliphatic heterocycles. The molecule has 1 fully saturated rings. The van der Waals surface area contributed by atoms with Crippen LogP contribution < -0.4 is 5.32 Å². The summed E-state index contributed by atoms with van der Waals surface area (Å²) in [6, 6.07) is 3.81. The maximum Gasteiger partial charge on any atom is 0.306 e. The highest BCUT2D eigenvalue weighted by molar-refractivity contribution is 7.16. The molecule has 1 aliphatic rings. The van der Waals surface area contributed by atoms with Crippen molar-refractivity contribution in [2.24, 2.45) is 11.8 Å². The summed E-state index contributed by atoms with van der Waals surface area (Å²) in [5.41, 5.74) is 0. The number of carboxylic acids is 1. The van der Waals surface area contributed by atoms with Gasteiger partial charge in [0.2, 0.25) is 5.91 Å². The zero-order valence-electron chi connectivity index (χ0n) is 11.1. The predicted molar refractivity (Wildman–Crippen MR) is 79.1 cm³/mol. The number of thiophene rings is 1. The topological polar surface area (TPSA) is 66.4 Å². The van der Waals surface area contributed by atoms with Gasteiger partial charge in [-0.25, -0.2) is 0 Å². The predicted octanol–water partition coefficient (Wildman–Crippen LogP) is 2.95. The molecule has 2 N–H and O–H groups in total. The van der Waals surface area contributed by atoms with Crippen LogP contribution in [0.5, 0.6) is 0 Å². The van der Waals surface area contributed by atoms with Crippen molar-refractivity contribution in [3.05, 3.63) is 21.3 Å². The normalized spacial score (nSPS) is 22.4. The van der Waals surface area contributed by atoms with Gasteiger partial charge in [0.05, 0.1) is 10.3 Å². The molecule has 2 rings (SSSR count). The van der Waals surface area contributed by atoms with Gasteiger partial charge in [-0.1, -0.05) is 18.0 Å². The van der Waals surface area contributed by atoms with Gasteiger partial charge >= 0.3 is 5.97 Å². The molecule has 110 valence electrons. The molecule has 1 aliphatic carbocycles. The Bertz CT molecular complexity index is 489. The Morgan fingerprint density at radius 1 is 1.35 bits per heavy atom. The smallest absolute Gasteiger partial charge is 0.306 e. The molecule has 0 saturated heterocycles. The first-order chi connectivity index (χ1) is 9.56. The van der Waals surface area contributed by atoms with Gasteiger partial charge in [0.15, 0.2) is 0 Å². The van der Waals surface area contributed by atoms with Gasteiger partial charge < -0.3 is 10.4 Å². The van der Waals surface area contributed by atoms with E-state index in [4.69, 9.17) is 16.7 Å². The molecule has 2 atom stereocenters. The second-order valence-corrected chi connectivity index (χ2v) is 6.95. The van der Waals surface area contributed by atoms with Gasteiger partial charge in [-0.2, -0.15) is 0 Å². The van der Waals surface area contributed by atoms with Crippen molar-refractivity contribution in [1.29, 1.82) is 0 Å². The van der Waals surface area contributed by atoms with Crippen LogP contribution in [0.3, 0.4) is 0 Å². The Kier molecular flexibility index (Phi) is 5.43. The molecular formula is C14H18ClNO3S. The van der Waals surface area contributed by atoms with Gasteiger partial charge in [-0.05, 0) is 37.8 Å². The van der Waals surface area contributed by atoms with E-state index >= 15 is 0 Å². The molecule has 0 spiro atoms. The van der Waals surface area contributed by atoms with E-state index in [1.54, 1.807) is 0 Å². The summed E-state index contributed by atoms with van der Waals surface area (Å²) in [5.74, 6) is -1.32. The van der Waals surface area contributed by atoms with Crippen LogP contribution in [0.15, 0.2) is 12.1 Å². The number of hydrogen-bond donors (Lipinski definition) is 2. The quantitative estimate of drug-likeness (QED) is 0.878. The third kappa shape index (κ3) is 4.21. The molecular weight excluding hydrogens is 298 g/mol. The average molecular weight is 316 g/mol. The van der Waals surface area contributed by atoms with Crippen LogP contribution in [0.4, 0.5) is 0 Å². The first-order valence-corrected chi connectivity index (χ1v) is 8.00. The molecule has 0 aromatic carbocycles. The zero-order chi connectivity index (χ0) is 14.5. The van der Waals surface area contributed by atoms with E-state index in [9.17, 15) is 9.59 Å². The van der Waals surface area contributed by atoms with Crippen molar-refractivity contribution < 1.29 is 14.7 Å². The Hall–Kier alpha value is -1.07. The van der Waals surface area contributed by atoms with Gasteiger partial charge in [0, 0.05) is 17.3 Å². The summed E-state index contributed by atoms with van der Waals surface area (Å²) in [5, 5.41) is 11.9. The highest BCUT2D eigenvalue weighted by Gasteiger charge is 2.30. The van der Waals surface area contributed by atoms with E-state index in [-0.39, 0.29) is 17.7 Å². The fourth-order valence-electron chi connectivity index (χ4n) is 2.59. The minimum Gasteiger partial charge on any atom is -0.481 e. The van der Waals surface area contributed by atoms with Gasteiger partial charge in [-0.15, -0.1) is 11.3 Å². The van der Waals surface area contributed by atoms with E-state index in [0.29, 0.717) is 19.4 Å². The second kappa shape index (κ2) is 7.09. The van der Waals surface area contributed by atoms with Crippen molar-refractivity contribution in [3.63, 3.8) is 0 Å². The lowest BCUT2D eigenvalue weighted by atomic mass is 9.81. The number of carboxylic acid groups (broad SMARTS) is 1. The molecule has 4 nitrogen and oxygen atoms in total. The summed E-state index contributed by atoms with van der Waals surface area (Å²) < 4.78 is 0.753. The SMILES string of the molecule is O=C(O)C1CCCC(C(=O)NCCc2ccc(Cl)s2)C1. The standard InChI is InChI=1S/C14H18ClNO3S/c15-12-5-4-11(20-12)6-7-16-13(17)9-2-1-3-10(8-9)14(18)19/h4-5,9-10H,1-3,6-8H2,(H,16,17)(H,18,19). The van der Waals surface area contributed by atoms with Crippen molar-refractivity contribution >= 4 is 34.8 Å². The van der Waals surface area contributed by atoms with Crippen LogP contribution >= 0.6 is 22.9 Å². The number of aliphatic carboxylic acids is 1. The van der Waals surface area contributed by atoms with Gasteiger partial charge in [0.25, 0.3) is 0 Å². The summed E-state index contributed by atoms with van der Waals surface area (Å²) in [4.78, 5) is 24.2. The molecule has 1 heterocycles. The fourth-order valence-corrected chi connectivity index (χ4v) is 3.68. The fraction of sp³-hybridized carbons (Fsp3) is 0.571. The Morgan fingerprint density at radius 3 is 2.75 bits per heavy atom. The summed E-state index contributed by atoms with van der Waals surface area (Å²) >= 11 is 7.36. The molecule has 2 unspecified atom stereocenters. The molecule has 0 bridgehead atoms. The van der Waals surface area contributed by atoms with Crippen molar-refractivity contribution in [2.75, 3.05) is 6.54 Å². The van der Waals surface area contributed by atoms with E-state index < -0.39 is 5.97 Å². The van der Waals surface area contributed by atoms with E-state index in [1.165, 1.54) is 11.3 Å².